The van der Waals surface area contributed by atoms with Crippen molar-refractivity contribution in [3.63, 3.8) is 0 Å². The van der Waals surface area contributed by atoms with E-state index in [-0.39, 0.29) is 18.6 Å². The fourth-order valence-corrected chi connectivity index (χ4v) is 1.83. The zero-order valence-electron chi connectivity index (χ0n) is 10.5. The highest BCUT2D eigenvalue weighted by Crippen LogP contribution is 2.22. The fourth-order valence-electron chi connectivity index (χ4n) is 1.44. The number of aliphatic hydroxyl groups excluding tert-OH is 1. The zero-order chi connectivity index (χ0) is 12.8. The van der Waals surface area contributed by atoms with Gasteiger partial charge in [0.1, 0.15) is 5.75 Å². The summed E-state index contributed by atoms with van der Waals surface area (Å²) < 4.78 is 6.26. The molecule has 96 valence electrons. The Morgan fingerprint density at radius 2 is 2.12 bits per heavy atom. The second-order valence-electron chi connectivity index (χ2n) is 4.29. The molecule has 0 aliphatic heterocycles. The summed E-state index contributed by atoms with van der Waals surface area (Å²) in [6.45, 7) is 5.06. The average molecular weight is 302 g/mol. The van der Waals surface area contributed by atoms with E-state index in [2.05, 4.69) is 28.2 Å². The summed E-state index contributed by atoms with van der Waals surface area (Å²) in [6, 6.07) is 6.19. The number of hydrogen-bond acceptors (Lipinski definition) is 3. The van der Waals surface area contributed by atoms with E-state index in [1.54, 1.807) is 7.11 Å². The van der Waals surface area contributed by atoms with E-state index < -0.39 is 0 Å². The summed E-state index contributed by atoms with van der Waals surface area (Å²) in [7, 11) is 1.66. The first-order chi connectivity index (χ1) is 8.08. The van der Waals surface area contributed by atoms with Gasteiger partial charge in [0.2, 0.25) is 0 Å². The largest absolute Gasteiger partial charge is 0.497 e. The lowest BCUT2D eigenvalue weighted by molar-refractivity contribution is 0.207. The van der Waals surface area contributed by atoms with Gasteiger partial charge in [0, 0.05) is 23.7 Å². The number of halogens is 1. The standard InChI is InChI=1S/C13H20BrNO2/c1-9(8-16)10(2)15-7-11-6-12(17-3)4-5-13(11)14/h4-6,9-10,15-16H,7-8H2,1-3H3. The number of ether oxygens (including phenoxy) is 1. The average Bonchev–Trinajstić information content (AvgIpc) is 2.36. The Balaban J connectivity index is 2.62. The van der Waals surface area contributed by atoms with E-state index in [0.29, 0.717) is 0 Å². The van der Waals surface area contributed by atoms with Crippen LogP contribution in [0.1, 0.15) is 19.4 Å². The lowest BCUT2D eigenvalue weighted by Gasteiger charge is -2.19. The number of rotatable bonds is 6. The van der Waals surface area contributed by atoms with Crippen LogP contribution in [0.2, 0.25) is 0 Å². The Labute approximate surface area is 111 Å². The molecule has 1 aromatic carbocycles. The van der Waals surface area contributed by atoms with Crippen molar-refractivity contribution in [1.29, 1.82) is 0 Å². The topological polar surface area (TPSA) is 41.5 Å². The van der Waals surface area contributed by atoms with Crippen LogP contribution in [0.5, 0.6) is 5.75 Å². The molecular weight excluding hydrogens is 282 g/mol. The van der Waals surface area contributed by atoms with Gasteiger partial charge < -0.3 is 15.2 Å². The third kappa shape index (κ3) is 4.30. The van der Waals surface area contributed by atoms with Crippen molar-refractivity contribution in [2.75, 3.05) is 13.7 Å². The van der Waals surface area contributed by atoms with Gasteiger partial charge in [-0.3, -0.25) is 0 Å². The molecular formula is C13H20BrNO2. The minimum atomic E-state index is 0.202. The Hall–Kier alpha value is -0.580. The maximum atomic E-state index is 9.07. The molecule has 4 heteroatoms. The molecule has 0 aliphatic carbocycles. The first-order valence-corrected chi connectivity index (χ1v) is 6.54. The summed E-state index contributed by atoms with van der Waals surface area (Å²) in [4.78, 5) is 0. The highest BCUT2D eigenvalue weighted by atomic mass is 79.9. The number of hydrogen-bond donors (Lipinski definition) is 2. The molecule has 0 bridgehead atoms. The van der Waals surface area contributed by atoms with Crippen LogP contribution in [0.15, 0.2) is 22.7 Å². The van der Waals surface area contributed by atoms with Gasteiger partial charge in [-0.05, 0) is 36.6 Å². The molecule has 0 spiro atoms. The van der Waals surface area contributed by atoms with Crippen LogP contribution in [0.25, 0.3) is 0 Å². The normalized spacial score (nSPS) is 14.4. The monoisotopic (exact) mass is 301 g/mol. The smallest absolute Gasteiger partial charge is 0.119 e. The molecule has 0 saturated heterocycles. The second kappa shape index (κ2) is 6.99. The Morgan fingerprint density at radius 3 is 2.71 bits per heavy atom. The van der Waals surface area contributed by atoms with Crippen LogP contribution in [0.4, 0.5) is 0 Å². The second-order valence-corrected chi connectivity index (χ2v) is 5.14. The van der Waals surface area contributed by atoms with Crippen LogP contribution < -0.4 is 10.1 Å². The third-order valence-electron chi connectivity index (χ3n) is 3.01. The Bertz CT molecular complexity index is 357. The molecule has 1 aromatic rings. The van der Waals surface area contributed by atoms with Crippen molar-refractivity contribution < 1.29 is 9.84 Å². The molecule has 0 amide bonds. The third-order valence-corrected chi connectivity index (χ3v) is 3.78. The molecule has 1 rings (SSSR count). The van der Waals surface area contributed by atoms with Gasteiger partial charge in [-0.25, -0.2) is 0 Å². The molecule has 3 nitrogen and oxygen atoms in total. The lowest BCUT2D eigenvalue weighted by Crippen LogP contribution is -2.33. The quantitative estimate of drug-likeness (QED) is 0.848. The lowest BCUT2D eigenvalue weighted by atomic mass is 10.0. The van der Waals surface area contributed by atoms with E-state index in [1.165, 1.54) is 0 Å². The van der Waals surface area contributed by atoms with Gasteiger partial charge in [-0.2, -0.15) is 0 Å². The van der Waals surface area contributed by atoms with Crippen molar-refractivity contribution in [3.8, 4) is 5.75 Å². The SMILES string of the molecule is COc1ccc(Br)c(CNC(C)C(C)CO)c1. The van der Waals surface area contributed by atoms with Gasteiger partial charge in [0.15, 0.2) is 0 Å². The predicted octanol–water partition coefficient (Wildman–Crippen LogP) is 2.56. The fraction of sp³-hybridized carbons (Fsp3) is 0.538. The molecule has 17 heavy (non-hydrogen) atoms. The van der Waals surface area contributed by atoms with E-state index >= 15 is 0 Å². The predicted molar refractivity (Wildman–Crippen MR) is 73.2 cm³/mol. The van der Waals surface area contributed by atoms with Crippen LogP contribution in [-0.4, -0.2) is 24.9 Å². The molecule has 0 radical (unpaired) electrons. The van der Waals surface area contributed by atoms with E-state index in [0.717, 1.165) is 22.3 Å². The van der Waals surface area contributed by atoms with E-state index in [1.807, 2.05) is 25.1 Å². The van der Waals surface area contributed by atoms with Crippen LogP contribution in [0.3, 0.4) is 0 Å². The molecule has 0 fully saturated rings. The van der Waals surface area contributed by atoms with Crippen molar-refractivity contribution in [2.24, 2.45) is 5.92 Å². The number of methoxy groups -OCH3 is 1. The van der Waals surface area contributed by atoms with Gasteiger partial charge in [0.25, 0.3) is 0 Å². The van der Waals surface area contributed by atoms with Crippen molar-refractivity contribution in [3.05, 3.63) is 28.2 Å². The van der Waals surface area contributed by atoms with E-state index in [4.69, 9.17) is 9.84 Å². The van der Waals surface area contributed by atoms with E-state index in [9.17, 15) is 0 Å². The molecule has 0 saturated carbocycles. The van der Waals surface area contributed by atoms with Crippen LogP contribution in [-0.2, 0) is 6.54 Å². The van der Waals surface area contributed by atoms with Crippen LogP contribution >= 0.6 is 15.9 Å². The Morgan fingerprint density at radius 1 is 1.41 bits per heavy atom. The van der Waals surface area contributed by atoms with Gasteiger partial charge in [-0.15, -0.1) is 0 Å². The molecule has 2 N–H and O–H groups in total. The van der Waals surface area contributed by atoms with Crippen molar-refractivity contribution in [2.45, 2.75) is 26.4 Å². The Kier molecular flexibility index (Phi) is 5.95. The van der Waals surface area contributed by atoms with Gasteiger partial charge in [0.05, 0.1) is 7.11 Å². The number of aliphatic hydroxyl groups is 1. The summed E-state index contributed by atoms with van der Waals surface area (Å²) in [6.07, 6.45) is 0. The minimum Gasteiger partial charge on any atom is -0.497 e. The molecule has 0 aliphatic rings. The summed E-state index contributed by atoms with van der Waals surface area (Å²) in [5.74, 6) is 1.10. The molecule has 0 heterocycles. The number of nitrogens with one attached hydrogen (secondary N) is 1. The molecule has 2 unspecified atom stereocenters. The molecule has 2 atom stereocenters. The minimum absolute atomic E-state index is 0.202. The van der Waals surface area contributed by atoms with Crippen LogP contribution in [0, 0.1) is 5.92 Å². The van der Waals surface area contributed by atoms with Gasteiger partial charge in [-0.1, -0.05) is 22.9 Å². The summed E-state index contributed by atoms with van der Waals surface area (Å²) >= 11 is 3.52. The summed E-state index contributed by atoms with van der Waals surface area (Å²) in [5.41, 5.74) is 1.15. The zero-order valence-corrected chi connectivity index (χ0v) is 12.1. The number of benzene rings is 1. The highest BCUT2D eigenvalue weighted by Gasteiger charge is 2.11. The highest BCUT2D eigenvalue weighted by molar-refractivity contribution is 9.10. The first kappa shape index (κ1) is 14.5. The summed E-state index contributed by atoms with van der Waals surface area (Å²) in [5, 5.41) is 12.5. The van der Waals surface area contributed by atoms with Gasteiger partial charge >= 0.3 is 0 Å². The maximum absolute atomic E-state index is 9.07. The first-order valence-electron chi connectivity index (χ1n) is 5.75. The molecule has 0 aromatic heterocycles. The van der Waals surface area contributed by atoms with Crippen molar-refractivity contribution >= 4 is 15.9 Å². The maximum Gasteiger partial charge on any atom is 0.119 e. The van der Waals surface area contributed by atoms with Crippen molar-refractivity contribution in [1.82, 2.24) is 5.32 Å².